The molecule has 1 aliphatic carbocycles. The van der Waals surface area contributed by atoms with Gasteiger partial charge in [-0.15, -0.1) is 23.1 Å². The third kappa shape index (κ3) is 5.28. The molecule has 4 rings (SSSR count). The molecule has 0 aliphatic heterocycles. The van der Waals surface area contributed by atoms with Gasteiger partial charge in [-0.05, 0) is 50.1 Å². The van der Waals surface area contributed by atoms with Gasteiger partial charge in [-0.1, -0.05) is 31.4 Å². The van der Waals surface area contributed by atoms with Crippen LogP contribution in [0.2, 0.25) is 0 Å². The number of thiazole rings is 1. The molecule has 1 aliphatic rings. The maximum Gasteiger partial charge on any atom is 0.256 e. The van der Waals surface area contributed by atoms with Gasteiger partial charge in [0, 0.05) is 23.7 Å². The normalized spacial score (nSPS) is 14.5. The molecular formula is C24H27N3O2S2. The number of benzene rings is 2. The summed E-state index contributed by atoms with van der Waals surface area (Å²) in [6.45, 7) is 1.98. The van der Waals surface area contributed by atoms with Crippen molar-refractivity contribution >= 4 is 50.8 Å². The zero-order valence-corrected chi connectivity index (χ0v) is 19.5. The number of hydrogen-bond donors (Lipinski definition) is 1. The Morgan fingerprint density at radius 1 is 1.16 bits per heavy atom. The molecule has 31 heavy (non-hydrogen) atoms. The van der Waals surface area contributed by atoms with Gasteiger partial charge in [0.1, 0.15) is 0 Å². The van der Waals surface area contributed by atoms with E-state index in [1.54, 1.807) is 11.3 Å². The van der Waals surface area contributed by atoms with Gasteiger partial charge < -0.3 is 10.2 Å². The second kappa shape index (κ2) is 9.83. The SMILES string of the molecule is Cc1nc2ccc(NC(=O)c3ccccc3SCC(=O)N(C)C3CCCCC3)cc2s1. The van der Waals surface area contributed by atoms with E-state index in [0.717, 1.165) is 38.6 Å². The van der Waals surface area contributed by atoms with Crippen LogP contribution in [-0.4, -0.2) is 40.5 Å². The van der Waals surface area contributed by atoms with Gasteiger partial charge >= 0.3 is 0 Å². The van der Waals surface area contributed by atoms with Gasteiger partial charge in [0.05, 0.1) is 26.5 Å². The molecule has 0 spiro atoms. The highest BCUT2D eigenvalue weighted by molar-refractivity contribution is 8.00. The minimum absolute atomic E-state index is 0.123. The van der Waals surface area contributed by atoms with Crippen LogP contribution in [0.3, 0.4) is 0 Å². The van der Waals surface area contributed by atoms with E-state index in [-0.39, 0.29) is 11.8 Å². The standard InChI is InChI=1S/C24H27N3O2S2/c1-16-25-20-13-12-17(14-22(20)31-16)26-24(29)19-10-6-7-11-21(19)30-15-23(28)27(2)18-8-4-3-5-9-18/h6-7,10-14,18H,3-5,8-9,15H2,1-2H3,(H,26,29). The first-order chi connectivity index (χ1) is 15.0. The third-order valence-electron chi connectivity index (χ3n) is 5.75. The van der Waals surface area contributed by atoms with E-state index in [1.807, 2.05) is 61.3 Å². The van der Waals surface area contributed by atoms with Crippen molar-refractivity contribution in [2.24, 2.45) is 0 Å². The van der Waals surface area contributed by atoms with E-state index in [2.05, 4.69) is 10.3 Å². The molecule has 162 valence electrons. The summed E-state index contributed by atoms with van der Waals surface area (Å²) in [6.07, 6.45) is 5.85. The summed E-state index contributed by atoms with van der Waals surface area (Å²) in [5.41, 5.74) is 2.27. The van der Waals surface area contributed by atoms with Crippen molar-refractivity contribution < 1.29 is 9.59 Å². The van der Waals surface area contributed by atoms with Crippen LogP contribution >= 0.6 is 23.1 Å². The lowest BCUT2D eigenvalue weighted by Crippen LogP contribution is -2.39. The van der Waals surface area contributed by atoms with E-state index in [1.165, 1.54) is 31.0 Å². The van der Waals surface area contributed by atoms with E-state index in [4.69, 9.17) is 0 Å². The number of thioether (sulfide) groups is 1. The number of nitrogens with zero attached hydrogens (tertiary/aromatic N) is 2. The summed E-state index contributed by atoms with van der Waals surface area (Å²) >= 11 is 3.04. The molecule has 0 bridgehead atoms. The summed E-state index contributed by atoms with van der Waals surface area (Å²) < 4.78 is 1.05. The zero-order valence-electron chi connectivity index (χ0n) is 17.9. The summed E-state index contributed by atoms with van der Waals surface area (Å²) in [4.78, 5) is 32.9. The van der Waals surface area contributed by atoms with E-state index >= 15 is 0 Å². The van der Waals surface area contributed by atoms with Crippen molar-refractivity contribution in [2.75, 3.05) is 18.1 Å². The number of amides is 2. The molecule has 0 unspecified atom stereocenters. The Kier molecular flexibility index (Phi) is 6.92. The largest absolute Gasteiger partial charge is 0.342 e. The molecular weight excluding hydrogens is 426 g/mol. The number of rotatable bonds is 6. The molecule has 7 heteroatoms. The Morgan fingerprint density at radius 2 is 1.94 bits per heavy atom. The molecule has 2 aromatic carbocycles. The number of carbonyl (C=O) groups is 2. The van der Waals surface area contributed by atoms with Crippen molar-refractivity contribution in [1.29, 1.82) is 0 Å². The highest BCUT2D eigenvalue weighted by Crippen LogP contribution is 2.28. The van der Waals surface area contributed by atoms with Gasteiger partial charge in [0.15, 0.2) is 0 Å². The molecule has 0 saturated heterocycles. The topological polar surface area (TPSA) is 62.3 Å². The van der Waals surface area contributed by atoms with Gasteiger partial charge in [-0.3, -0.25) is 9.59 Å². The fourth-order valence-electron chi connectivity index (χ4n) is 4.01. The van der Waals surface area contributed by atoms with Crippen molar-refractivity contribution in [2.45, 2.75) is 50.0 Å². The molecule has 1 heterocycles. The van der Waals surface area contributed by atoms with Crippen LogP contribution in [0.4, 0.5) is 5.69 Å². The smallest absolute Gasteiger partial charge is 0.256 e. The number of carbonyl (C=O) groups excluding carboxylic acids is 2. The second-order valence-corrected chi connectivity index (χ2v) is 10.2. The number of fused-ring (bicyclic) bond motifs is 1. The predicted molar refractivity (Wildman–Crippen MR) is 129 cm³/mol. The number of aryl methyl sites for hydroxylation is 1. The molecule has 2 amide bonds. The lowest BCUT2D eigenvalue weighted by atomic mass is 9.94. The molecule has 5 nitrogen and oxygen atoms in total. The summed E-state index contributed by atoms with van der Waals surface area (Å²) in [5, 5.41) is 4.00. The molecule has 1 fully saturated rings. The monoisotopic (exact) mass is 453 g/mol. The first kappa shape index (κ1) is 21.8. The minimum atomic E-state index is -0.170. The molecule has 0 radical (unpaired) electrons. The van der Waals surface area contributed by atoms with Gasteiger partial charge in [-0.25, -0.2) is 4.98 Å². The summed E-state index contributed by atoms with van der Waals surface area (Å²) in [5.74, 6) is 0.290. The minimum Gasteiger partial charge on any atom is -0.342 e. The summed E-state index contributed by atoms with van der Waals surface area (Å²) in [7, 11) is 1.91. The average Bonchev–Trinajstić information content (AvgIpc) is 3.17. The Morgan fingerprint density at radius 3 is 2.74 bits per heavy atom. The Labute approximate surface area is 191 Å². The van der Waals surface area contributed by atoms with Crippen LogP contribution in [0.5, 0.6) is 0 Å². The van der Waals surface area contributed by atoms with Crippen LogP contribution in [0.1, 0.15) is 47.5 Å². The lowest BCUT2D eigenvalue weighted by Gasteiger charge is -2.31. The van der Waals surface area contributed by atoms with Gasteiger partial charge in [0.2, 0.25) is 5.91 Å². The van der Waals surface area contributed by atoms with Crippen molar-refractivity contribution in [3.63, 3.8) is 0 Å². The van der Waals surface area contributed by atoms with Crippen LogP contribution in [-0.2, 0) is 4.79 Å². The maximum absolute atomic E-state index is 13.0. The number of nitrogens with one attached hydrogen (secondary N) is 1. The maximum atomic E-state index is 13.0. The Hall–Kier alpha value is -2.38. The fraction of sp³-hybridized carbons (Fsp3) is 0.375. The molecule has 0 atom stereocenters. The highest BCUT2D eigenvalue weighted by Gasteiger charge is 2.22. The van der Waals surface area contributed by atoms with Crippen LogP contribution in [0.15, 0.2) is 47.4 Å². The summed E-state index contributed by atoms with van der Waals surface area (Å²) in [6, 6.07) is 13.6. The highest BCUT2D eigenvalue weighted by atomic mass is 32.2. The number of aromatic nitrogens is 1. The average molecular weight is 454 g/mol. The Bertz CT molecular complexity index is 1090. The zero-order chi connectivity index (χ0) is 21.8. The number of anilines is 1. The molecule has 1 saturated carbocycles. The lowest BCUT2D eigenvalue weighted by molar-refractivity contribution is -0.129. The molecule has 1 N–H and O–H groups in total. The molecule has 3 aromatic rings. The number of hydrogen-bond acceptors (Lipinski definition) is 5. The fourth-order valence-corrected chi connectivity index (χ4v) is 5.85. The van der Waals surface area contributed by atoms with Gasteiger partial charge in [-0.2, -0.15) is 0 Å². The van der Waals surface area contributed by atoms with Gasteiger partial charge in [0.25, 0.3) is 5.91 Å². The third-order valence-corrected chi connectivity index (χ3v) is 7.74. The predicted octanol–water partition coefficient (Wildman–Crippen LogP) is 5.74. The van der Waals surface area contributed by atoms with Crippen LogP contribution < -0.4 is 5.32 Å². The van der Waals surface area contributed by atoms with Crippen molar-refractivity contribution in [3.05, 3.63) is 53.0 Å². The van der Waals surface area contributed by atoms with E-state index in [0.29, 0.717) is 17.4 Å². The van der Waals surface area contributed by atoms with Crippen molar-refractivity contribution in [1.82, 2.24) is 9.88 Å². The first-order valence-corrected chi connectivity index (χ1v) is 12.5. The Balaban J connectivity index is 1.42. The van der Waals surface area contributed by atoms with E-state index in [9.17, 15) is 9.59 Å². The van der Waals surface area contributed by atoms with E-state index < -0.39 is 0 Å². The van der Waals surface area contributed by atoms with Crippen molar-refractivity contribution in [3.8, 4) is 0 Å². The second-order valence-electron chi connectivity index (χ2n) is 7.95. The van der Waals surface area contributed by atoms with Crippen LogP contribution in [0, 0.1) is 6.92 Å². The molecule has 1 aromatic heterocycles. The first-order valence-electron chi connectivity index (χ1n) is 10.7. The van der Waals surface area contributed by atoms with Crippen LogP contribution in [0.25, 0.3) is 10.2 Å². The quantitative estimate of drug-likeness (QED) is 0.484.